The van der Waals surface area contributed by atoms with Gasteiger partial charge in [0.1, 0.15) is 11.4 Å². The standard InChI is InChI=1S/C13H24N2O4/c1-10(16)6-5-7-11(17)14-8-9-15-12(18)19-13(2,3)4/h5-9H2,1-4H3,(H,14,17)(H,15,18). The van der Waals surface area contributed by atoms with Crippen LogP contribution in [0.4, 0.5) is 4.79 Å². The first-order valence-electron chi connectivity index (χ1n) is 6.43. The zero-order chi connectivity index (χ0) is 14.9. The van der Waals surface area contributed by atoms with E-state index in [9.17, 15) is 14.4 Å². The van der Waals surface area contributed by atoms with E-state index < -0.39 is 11.7 Å². The number of ketones is 1. The summed E-state index contributed by atoms with van der Waals surface area (Å²) in [5.41, 5.74) is -0.528. The number of carbonyl (C=O) groups is 3. The largest absolute Gasteiger partial charge is 0.444 e. The molecular formula is C13H24N2O4. The fraction of sp³-hybridized carbons (Fsp3) is 0.769. The van der Waals surface area contributed by atoms with E-state index >= 15 is 0 Å². The molecule has 0 aromatic heterocycles. The fourth-order valence-corrected chi connectivity index (χ4v) is 1.27. The smallest absolute Gasteiger partial charge is 0.407 e. The highest BCUT2D eigenvalue weighted by Gasteiger charge is 2.15. The van der Waals surface area contributed by atoms with Crippen LogP contribution in [0, 0.1) is 0 Å². The minimum Gasteiger partial charge on any atom is -0.444 e. The highest BCUT2D eigenvalue weighted by atomic mass is 16.6. The molecule has 0 fully saturated rings. The third-order valence-electron chi connectivity index (χ3n) is 2.05. The summed E-state index contributed by atoms with van der Waals surface area (Å²) in [5.74, 6) is -0.0355. The molecule has 0 aliphatic rings. The number of alkyl carbamates (subject to hydrolysis) is 1. The second kappa shape index (κ2) is 8.50. The molecule has 0 heterocycles. The summed E-state index contributed by atoms with van der Waals surface area (Å²) in [4.78, 5) is 33.3. The summed E-state index contributed by atoms with van der Waals surface area (Å²) < 4.78 is 5.04. The van der Waals surface area contributed by atoms with E-state index in [2.05, 4.69) is 10.6 Å². The third kappa shape index (κ3) is 12.7. The van der Waals surface area contributed by atoms with Gasteiger partial charge in [0, 0.05) is 25.9 Å². The van der Waals surface area contributed by atoms with Crippen LogP contribution in [0.25, 0.3) is 0 Å². The maximum Gasteiger partial charge on any atom is 0.407 e. The number of nitrogens with one attached hydrogen (secondary N) is 2. The molecule has 0 rings (SSSR count). The lowest BCUT2D eigenvalue weighted by Gasteiger charge is -2.19. The molecule has 0 aliphatic heterocycles. The van der Waals surface area contributed by atoms with Gasteiger partial charge in [-0.2, -0.15) is 0 Å². The van der Waals surface area contributed by atoms with Crippen molar-refractivity contribution in [2.75, 3.05) is 13.1 Å². The van der Waals surface area contributed by atoms with Gasteiger partial charge in [0.05, 0.1) is 0 Å². The topological polar surface area (TPSA) is 84.5 Å². The van der Waals surface area contributed by atoms with E-state index in [0.29, 0.717) is 32.4 Å². The van der Waals surface area contributed by atoms with Crippen LogP contribution >= 0.6 is 0 Å². The van der Waals surface area contributed by atoms with E-state index in [0.717, 1.165) is 0 Å². The number of carbonyl (C=O) groups excluding carboxylic acids is 3. The molecule has 0 bridgehead atoms. The number of amides is 2. The summed E-state index contributed by atoms with van der Waals surface area (Å²) in [5, 5.41) is 5.19. The van der Waals surface area contributed by atoms with Gasteiger partial charge in [0.2, 0.25) is 5.91 Å². The van der Waals surface area contributed by atoms with E-state index in [1.807, 2.05) is 0 Å². The van der Waals surface area contributed by atoms with Gasteiger partial charge >= 0.3 is 6.09 Å². The molecule has 0 saturated carbocycles. The van der Waals surface area contributed by atoms with Gasteiger partial charge in [-0.25, -0.2) is 4.79 Å². The monoisotopic (exact) mass is 272 g/mol. The Morgan fingerprint density at radius 1 is 1.00 bits per heavy atom. The molecule has 0 radical (unpaired) electrons. The Morgan fingerprint density at radius 2 is 1.58 bits per heavy atom. The average molecular weight is 272 g/mol. The second-order valence-electron chi connectivity index (χ2n) is 5.33. The number of hydrogen-bond donors (Lipinski definition) is 2. The number of rotatable bonds is 7. The van der Waals surface area contributed by atoms with Crippen LogP contribution in [-0.4, -0.2) is 36.5 Å². The first kappa shape index (κ1) is 17.4. The van der Waals surface area contributed by atoms with Crippen molar-refractivity contribution in [2.45, 2.75) is 52.6 Å². The lowest BCUT2D eigenvalue weighted by molar-refractivity contribution is -0.121. The predicted molar refractivity (Wildman–Crippen MR) is 71.8 cm³/mol. The van der Waals surface area contributed by atoms with Crippen LogP contribution < -0.4 is 10.6 Å². The number of Topliss-reactive ketones (excluding diaryl/α,β-unsaturated/α-hetero) is 1. The summed E-state index contributed by atoms with van der Waals surface area (Å²) in [6.07, 6.45) is 0.800. The fourth-order valence-electron chi connectivity index (χ4n) is 1.27. The Morgan fingerprint density at radius 3 is 2.11 bits per heavy atom. The molecule has 0 atom stereocenters. The molecule has 6 heteroatoms. The SMILES string of the molecule is CC(=O)CCCC(=O)NCCNC(=O)OC(C)(C)C. The van der Waals surface area contributed by atoms with Gasteiger partial charge in [0.15, 0.2) is 0 Å². The van der Waals surface area contributed by atoms with Crippen LogP contribution in [0.2, 0.25) is 0 Å². The van der Waals surface area contributed by atoms with Crippen molar-refractivity contribution in [3.8, 4) is 0 Å². The Hall–Kier alpha value is -1.59. The maximum atomic E-state index is 11.3. The molecule has 2 N–H and O–H groups in total. The predicted octanol–water partition coefficient (Wildman–Crippen LogP) is 1.39. The van der Waals surface area contributed by atoms with Crippen molar-refractivity contribution >= 4 is 17.8 Å². The molecule has 0 aliphatic carbocycles. The Labute approximate surface area is 114 Å². The molecule has 2 amide bonds. The molecule has 0 unspecified atom stereocenters. The lowest BCUT2D eigenvalue weighted by atomic mass is 10.2. The Bertz CT molecular complexity index is 321. The molecule has 6 nitrogen and oxygen atoms in total. The first-order valence-corrected chi connectivity index (χ1v) is 6.43. The van der Waals surface area contributed by atoms with Crippen molar-refractivity contribution in [3.63, 3.8) is 0 Å². The molecule has 0 aromatic rings. The number of hydrogen-bond acceptors (Lipinski definition) is 4. The highest BCUT2D eigenvalue weighted by molar-refractivity contribution is 5.78. The van der Waals surface area contributed by atoms with E-state index in [1.54, 1.807) is 20.8 Å². The van der Waals surface area contributed by atoms with Gasteiger partial charge in [0.25, 0.3) is 0 Å². The molecule has 19 heavy (non-hydrogen) atoms. The zero-order valence-corrected chi connectivity index (χ0v) is 12.2. The van der Waals surface area contributed by atoms with Crippen molar-refractivity contribution in [1.29, 1.82) is 0 Å². The summed E-state index contributed by atoms with van der Waals surface area (Å²) >= 11 is 0. The first-order chi connectivity index (χ1) is 8.70. The van der Waals surface area contributed by atoms with E-state index in [1.165, 1.54) is 6.92 Å². The minimum absolute atomic E-state index is 0.0828. The summed E-state index contributed by atoms with van der Waals surface area (Å²) in [7, 11) is 0. The van der Waals surface area contributed by atoms with Crippen molar-refractivity contribution in [2.24, 2.45) is 0 Å². The summed E-state index contributed by atoms with van der Waals surface area (Å²) in [6.45, 7) is 7.50. The van der Waals surface area contributed by atoms with Crippen LogP contribution in [0.15, 0.2) is 0 Å². The van der Waals surface area contributed by atoms with Gasteiger partial charge in [-0.05, 0) is 34.1 Å². The highest BCUT2D eigenvalue weighted by Crippen LogP contribution is 2.05. The number of ether oxygens (including phenoxy) is 1. The van der Waals surface area contributed by atoms with Crippen molar-refractivity contribution in [3.05, 3.63) is 0 Å². The molecule has 0 spiro atoms. The molecule has 0 aromatic carbocycles. The van der Waals surface area contributed by atoms with Crippen molar-refractivity contribution in [1.82, 2.24) is 10.6 Å². The normalized spacial score (nSPS) is 10.7. The average Bonchev–Trinajstić information content (AvgIpc) is 2.21. The summed E-state index contributed by atoms with van der Waals surface area (Å²) in [6, 6.07) is 0. The van der Waals surface area contributed by atoms with Crippen LogP contribution in [0.1, 0.15) is 47.0 Å². The van der Waals surface area contributed by atoms with Gasteiger partial charge in [-0.3, -0.25) is 4.79 Å². The molecule has 110 valence electrons. The van der Waals surface area contributed by atoms with Crippen LogP contribution in [-0.2, 0) is 14.3 Å². The third-order valence-corrected chi connectivity index (χ3v) is 2.05. The lowest BCUT2D eigenvalue weighted by Crippen LogP contribution is -2.37. The van der Waals surface area contributed by atoms with Gasteiger partial charge in [-0.1, -0.05) is 0 Å². The minimum atomic E-state index is -0.528. The maximum absolute atomic E-state index is 11.3. The van der Waals surface area contributed by atoms with Crippen LogP contribution in [0.3, 0.4) is 0 Å². The van der Waals surface area contributed by atoms with Crippen LogP contribution in [0.5, 0.6) is 0 Å². The van der Waals surface area contributed by atoms with E-state index in [-0.39, 0.29) is 11.7 Å². The second-order valence-corrected chi connectivity index (χ2v) is 5.33. The van der Waals surface area contributed by atoms with Gasteiger partial charge in [-0.15, -0.1) is 0 Å². The Kier molecular flexibility index (Phi) is 7.79. The zero-order valence-electron chi connectivity index (χ0n) is 12.2. The quantitative estimate of drug-likeness (QED) is 0.686. The van der Waals surface area contributed by atoms with E-state index in [4.69, 9.17) is 4.74 Å². The van der Waals surface area contributed by atoms with Gasteiger partial charge < -0.3 is 20.2 Å². The Balaban J connectivity index is 3.56. The molecule has 0 saturated heterocycles. The van der Waals surface area contributed by atoms with Crippen molar-refractivity contribution < 1.29 is 19.1 Å². The molecular weight excluding hydrogens is 248 g/mol.